The maximum Gasteiger partial charge on any atom is 0.407 e. The number of alkyl carbamates (subject to hydrolysis) is 2. The van der Waals surface area contributed by atoms with E-state index in [-0.39, 0.29) is 30.4 Å². The number of rotatable bonds is 20. The van der Waals surface area contributed by atoms with Crippen LogP contribution in [0.15, 0.2) is 232 Å². The number of nitrogens with zero attached hydrogens (tertiary/aromatic N) is 7. The zero-order valence-electron chi connectivity index (χ0n) is 78.2. The van der Waals surface area contributed by atoms with Crippen LogP contribution < -0.4 is 27.0 Å². The molecule has 0 radical (unpaired) electrons. The summed E-state index contributed by atoms with van der Waals surface area (Å²) in [5.41, 5.74) is 22.9. The number of aromatic amines is 5. The highest BCUT2D eigenvalue weighted by atomic mass is 35.5. The molecule has 3 aliphatic rings. The molecule has 2 unspecified atom stereocenters. The third-order valence-corrected chi connectivity index (χ3v) is 22.7. The van der Waals surface area contributed by atoms with Crippen LogP contribution in [-0.4, -0.2) is 159 Å². The quantitative estimate of drug-likeness (QED) is 0.0147. The van der Waals surface area contributed by atoms with Crippen molar-refractivity contribution in [2.24, 2.45) is 5.73 Å². The molecule has 2 amide bonds. The number of aromatic nitrogens is 12. The number of ketones is 1. The van der Waals surface area contributed by atoms with Gasteiger partial charge in [-0.2, -0.15) is 0 Å². The SMILES string of the molecule is CC(C)(C)OC(=O)NCCCCNC1CCCc2cccnc21.CC(C)(C)OC(=O)NCCCCNC1CCCc2cccnc21.CCOC(=O)c1nccc2c1[nH]c1ccccc12.CCOC(=O)c1nccc2c1[nH]c1ccccc12.Cl.NCCc1c[nH]c2ccccc12.O=C1CCCc2cccnc21.O=Cc1nccc2c1[nH]c1ccccc12.O=Cc1nccc2c1[nH]c1ccccc12. The highest BCUT2D eigenvalue weighted by Gasteiger charge is 2.25. The second-order valence-electron chi connectivity index (χ2n) is 34.6. The number of aryl methyl sites for hydroxylation is 3. The van der Waals surface area contributed by atoms with E-state index in [2.05, 4.69) is 111 Å². The maximum absolute atomic E-state index is 11.8. The van der Waals surface area contributed by atoms with E-state index in [1.165, 1.54) is 51.8 Å². The monoisotopic (exact) mass is 1850 g/mol. The first-order valence-electron chi connectivity index (χ1n) is 46.3. The molecule has 28 nitrogen and oxygen atoms in total. The zero-order valence-corrected chi connectivity index (χ0v) is 79.0. The number of amides is 2. The smallest absolute Gasteiger partial charge is 0.407 e. The molecular weight excluding hydrogens is 1730 g/mol. The van der Waals surface area contributed by atoms with Crippen molar-refractivity contribution in [3.63, 3.8) is 0 Å². The summed E-state index contributed by atoms with van der Waals surface area (Å²) in [5, 5.41) is 22.6. The number of aldehydes is 2. The van der Waals surface area contributed by atoms with Crippen LogP contribution in [0.1, 0.15) is 218 Å². The summed E-state index contributed by atoms with van der Waals surface area (Å²) >= 11 is 0. The number of hydrogen-bond acceptors (Lipinski definition) is 21. The number of carbonyl (C=O) groups excluding carboxylic acids is 7. The Bertz CT molecular complexity index is 6550. The third-order valence-electron chi connectivity index (χ3n) is 22.7. The van der Waals surface area contributed by atoms with Gasteiger partial charge in [-0.15, -0.1) is 12.4 Å². The largest absolute Gasteiger partial charge is 0.461 e. The van der Waals surface area contributed by atoms with Gasteiger partial charge in [0.15, 0.2) is 29.7 Å². The summed E-state index contributed by atoms with van der Waals surface area (Å²) in [6, 6.07) is 60.7. The molecule has 706 valence electrons. The van der Waals surface area contributed by atoms with E-state index in [1.807, 2.05) is 212 Å². The minimum Gasteiger partial charge on any atom is -0.461 e. The van der Waals surface area contributed by atoms with Gasteiger partial charge >= 0.3 is 24.1 Å². The predicted molar refractivity (Wildman–Crippen MR) is 540 cm³/mol. The summed E-state index contributed by atoms with van der Waals surface area (Å²) in [4.78, 5) is 125. The van der Waals surface area contributed by atoms with Crippen molar-refractivity contribution >= 4 is 153 Å². The molecule has 0 fully saturated rings. The van der Waals surface area contributed by atoms with Gasteiger partial charge in [-0.05, 0) is 254 Å². The van der Waals surface area contributed by atoms with Crippen LogP contribution in [0.5, 0.6) is 0 Å². The fourth-order valence-electron chi connectivity index (χ4n) is 16.6. The first-order chi connectivity index (χ1) is 65.6. The number of ether oxygens (including phenoxy) is 4. The molecule has 12 heterocycles. The van der Waals surface area contributed by atoms with Gasteiger partial charge in [0.25, 0.3) is 0 Å². The molecule has 11 N–H and O–H groups in total. The second kappa shape index (κ2) is 49.5. The number of benzene rings is 5. The summed E-state index contributed by atoms with van der Waals surface area (Å²) in [7, 11) is 0. The van der Waals surface area contributed by atoms with Crippen LogP contribution in [0.4, 0.5) is 9.59 Å². The van der Waals surface area contributed by atoms with Crippen molar-refractivity contribution in [3.05, 3.63) is 294 Å². The standard InChI is InChI=1S/2C18H29N3O2.2C14H12N2O2.2C12H8N2O.C10H12N2.C9H9NO.ClH/c2*1-18(2,3)23-17(22)21-12-5-4-11-19-15-10-6-8-14-9-7-13-20-16(14)15;2*1-2-18-14(17)13-12-10(7-8-15-13)9-5-3-4-6-11(9)16-12;2*15-7-11-12-9(5-6-13-11)8-3-1-2-4-10(8)14-12;11-6-5-8-7-12-10-4-2-1-3-9(8)10;11-8-5-1-3-7-4-2-6-10-9(7)8;/h2*7,9,13,15,19H,4-6,8,10-12H2,1-3H3,(H,21,22);2*3-8,16H,2H2,1H3;2*1-7,14H;1-4,7,12H,5-6,11H2;2,4,6H,1,3,5H2;1H. The number of para-hydroxylation sites is 5. The van der Waals surface area contributed by atoms with Crippen molar-refractivity contribution in [1.82, 2.24) is 81.1 Å². The van der Waals surface area contributed by atoms with E-state index in [4.69, 9.17) is 24.7 Å². The van der Waals surface area contributed by atoms with Gasteiger partial charge in [0.05, 0.1) is 46.7 Å². The molecule has 0 saturated carbocycles. The average molecular weight is 1860 g/mol. The molecule has 3 aliphatic carbocycles. The van der Waals surface area contributed by atoms with Gasteiger partial charge in [-0.25, -0.2) is 29.1 Å². The summed E-state index contributed by atoms with van der Waals surface area (Å²) < 4.78 is 20.4. The number of Topliss-reactive ketones (excluding diaryl/α,β-unsaturated/α-hetero) is 1. The first kappa shape index (κ1) is 101. The van der Waals surface area contributed by atoms with Crippen LogP contribution in [0, 0.1) is 0 Å². The minimum atomic E-state index is -0.437. The Labute approximate surface area is 795 Å². The molecule has 2 atom stereocenters. The molecule has 136 heavy (non-hydrogen) atoms. The van der Waals surface area contributed by atoms with Gasteiger partial charge in [0.1, 0.15) is 28.3 Å². The number of H-pyrrole nitrogens is 5. The van der Waals surface area contributed by atoms with Crippen molar-refractivity contribution in [2.45, 2.75) is 169 Å². The van der Waals surface area contributed by atoms with E-state index in [1.54, 1.807) is 44.8 Å². The molecule has 0 aliphatic heterocycles. The number of carbonyl (C=O) groups is 7. The Balaban J connectivity index is 0.000000141. The van der Waals surface area contributed by atoms with Gasteiger partial charge in [-0.1, -0.05) is 109 Å². The Hall–Kier alpha value is -14.5. The maximum atomic E-state index is 11.8. The van der Waals surface area contributed by atoms with Gasteiger partial charge in [0, 0.05) is 157 Å². The average Bonchev–Trinajstić information content (AvgIpc) is 1.59. The Kier molecular flexibility index (Phi) is 36.6. The van der Waals surface area contributed by atoms with Crippen LogP contribution >= 0.6 is 12.4 Å². The lowest BCUT2D eigenvalue weighted by molar-refractivity contribution is 0.0512. The molecule has 20 rings (SSSR count). The molecule has 0 spiro atoms. The Morgan fingerprint density at radius 1 is 0.412 bits per heavy atom. The van der Waals surface area contributed by atoms with E-state index < -0.39 is 23.1 Å². The van der Waals surface area contributed by atoms with Crippen molar-refractivity contribution in [2.75, 3.05) is 45.9 Å². The third kappa shape index (κ3) is 27.0. The number of pyridine rings is 7. The molecule has 0 saturated heterocycles. The van der Waals surface area contributed by atoms with Crippen LogP contribution in [-0.2, 0) is 44.6 Å². The van der Waals surface area contributed by atoms with Crippen LogP contribution in [0.25, 0.3) is 98.1 Å². The number of fused-ring (bicyclic) bond motifs is 16. The molecule has 12 aromatic heterocycles. The fourth-order valence-corrected chi connectivity index (χ4v) is 16.6. The van der Waals surface area contributed by atoms with E-state index in [0.717, 1.165) is 189 Å². The fraction of sp³-hybridized carbons (Fsp3) is 0.308. The normalized spacial score (nSPS) is 13.5. The number of nitrogens with one attached hydrogen (secondary N) is 9. The minimum absolute atomic E-state index is 0. The zero-order chi connectivity index (χ0) is 95.1. The van der Waals surface area contributed by atoms with Gasteiger partial charge in [0.2, 0.25) is 0 Å². The van der Waals surface area contributed by atoms with Gasteiger partial charge in [-0.3, -0.25) is 39.3 Å². The predicted octanol–water partition coefficient (Wildman–Crippen LogP) is 21.2. The van der Waals surface area contributed by atoms with Gasteiger partial charge < -0.3 is 70.9 Å². The second-order valence-corrected chi connectivity index (χ2v) is 34.6. The lowest BCUT2D eigenvalue weighted by atomic mass is 9.92. The highest BCUT2D eigenvalue weighted by Crippen LogP contribution is 2.34. The molecule has 29 heteroatoms. The highest BCUT2D eigenvalue weighted by molar-refractivity contribution is 6.15. The lowest BCUT2D eigenvalue weighted by Crippen LogP contribution is -2.33. The van der Waals surface area contributed by atoms with Crippen molar-refractivity contribution < 1.29 is 52.5 Å². The first-order valence-corrected chi connectivity index (χ1v) is 46.3. The topological polar surface area (TPSA) is 400 Å². The van der Waals surface area contributed by atoms with Crippen molar-refractivity contribution in [1.29, 1.82) is 0 Å². The summed E-state index contributed by atoms with van der Waals surface area (Å²) in [6.07, 6.45) is 29.5. The molecule has 5 aromatic carbocycles. The number of hydrogen-bond donors (Lipinski definition) is 10. The van der Waals surface area contributed by atoms with Crippen LogP contribution in [0.2, 0.25) is 0 Å². The Morgan fingerprint density at radius 2 is 0.779 bits per heavy atom. The summed E-state index contributed by atoms with van der Waals surface area (Å²) in [5.74, 6) is -0.587. The lowest BCUT2D eigenvalue weighted by Gasteiger charge is -2.25. The Morgan fingerprint density at radius 3 is 1.18 bits per heavy atom. The van der Waals surface area contributed by atoms with Crippen LogP contribution in [0.3, 0.4) is 0 Å². The van der Waals surface area contributed by atoms with E-state index in [0.29, 0.717) is 79.8 Å². The number of unbranched alkanes of at least 4 members (excludes halogenated alkanes) is 2. The number of nitrogens with two attached hydrogens (primary N) is 1. The number of esters is 2. The van der Waals surface area contributed by atoms with E-state index >= 15 is 0 Å². The van der Waals surface area contributed by atoms with E-state index in [9.17, 15) is 33.6 Å². The number of halogens is 1. The molecule has 0 bridgehead atoms. The summed E-state index contributed by atoms with van der Waals surface area (Å²) in [6.45, 7) is 19.3. The molecular formula is C107H120ClN17O11. The molecule has 17 aromatic rings. The van der Waals surface area contributed by atoms with Crippen molar-refractivity contribution in [3.8, 4) is 0 Å².